The summed E-state index contributed by atoms with van der Waals surface area (Å²) < 4.78 is 2.97. The van der Waals surface area contributed by atoms with Crippen LogP contribution in [-0.4, -0.2) is 40.7 Å². The molecular formula is C7H16N2S2. The molecule has 0 aliphatic rings. The van der Waals surface area contributed by atoms with Gasteiger partial charge in [-0.3, -0.25) is 4.31 Å². The van der Waals surface area contributed by atoms with E-state index in [2.05, 4.69) is 18.7 Å². The molecule has 0 rings (SSSR count). The maximum absolute atomic E-state index is 5.20. The molecule has 0 fully saturated rings. The van der Waals surface area contributed by atoms with E-state index in [1.807, 2.05) is 18.4 Å². The molecule has 0 saturated heterocycles. The minimum absolute atomic E-state index is 0.958. The third-order valence-electron chi connectivity index (χ3n) is 1.28. The Balaban J connectivity index is 3.79. The first-order chi connectivity index (χ1) is 5.11. The van der Waals surface area contributed by atoms with Crippen molar-refractivity contribution in [3.63, 3.8) is 0 Å². The van der Waals surface area contributed by atoms with E-state index < -0.39 is 0 Å². The van der Waals surface area contributed by atoms with Crippen LogP contribution in [0.1, 0.15) is 13.8 Å². The fourth-order valence-corrected chi connectivity index (χ4v) is 2.09. The molecule has 0 amide bonds. The summed E-state index contributed by atoms with van der Waals surface area (Å²) in [4.78, 5) is 2.17. The van der Waals surface area contributed by atoms with Crippen LogP contribution >= 0.6 is 24.2 Å². The Bertz CT molecular complexity index is 122. The molecule has 0 heterocycles. The third-order valence-corrected chi connectivity index (χ3v) is 2.54. The monoisotopic (exact) mass is 192 g/mol. The zero-order valence-electron chi connectivity index (χ0n) is 7.63. The third kappa shape index (κ3) is 4.61. The van der Waals surface area contributed by atoms with Crippen LogP contribution < -0.4 is 0 Å². The van der Waals surface area contributed by atoms with Gasteiger partial charge in [0.1, 0.15) is 0 Å². The molecule has 0 saturated carbocycles. The highest BCUT2D eigenvalue weighted by molar-refractivity contribution is 8.21. The molecule has 0 aromatic carbocycles. The van der Waals surface area contributed by atoms with Gasteiger partial charge in [0.15, 0.2) is 4.32 Å². The smallest absolute Gasteiger partial charge is 0.151 e. The van der Waals surface area contributed by atoms with Crippen LogP contribution in [0.25, 0.3) is 0 Å². The summed E-state index contributed by atoms with van der Waals surface area (Å²) in [6.07, 6.45) is 0. The van der Waals surface area contributed by atoms with E-state index in [1.165, 1.54) is 0 Å². The van der Waals surface area contributed by atoms with E-state index in [1.54, 1.807) is 11.9 Å². The van der Waals surface area contributed by atoms with Gasteiger partial charge in [-0.2, -0.15) is 0 Å². The minimum atomic E-state index is 0.958. The molecule has 0 bridgehead atoms. The maximum atomic E-state index is 5.20. The second kappa shape index (κ2) is 5.80. The highest BCUT2D eigenvalue weighted by Crippen LogP contribution is 2.10. The highest BCUT2D eigenvalue weighted by atomic mass is 32.2. The number of thiocarbonyl (C=S) groups is 1. The van der Waals surface area contributed by atoms with Crippen LogP contribution in [0.15, 0.2) is 0 Å². The minimum Gasteiger partial charge on any atom is -0.357 e. The van der Waals surface area contributed by atoms with Gasteiger partial charge < -0.3 is 4.90 Å². The second-order valence-corrected chi connectivity index (χ2v) is 4.29. The normalized spacial score (nSPS) is 10.3. The number of nitrogens with zero attached hydrogens (tertiary/aromatic N) is 2. The van der Waals surface area contributed by atoms with Crippen molar-refractivity contribution < 1.29 is 0 Å². The maximum Gasteiger partial charge on any atom is 0.151 e. The number of hydrogen-bond acceptors (Lipinski definition) is 3. The van der Waals surface area contributed by atoms with Crippen LogP contribution in [0.2, 0.25) is 0 Å². The summed E-state index contributed by atoms with van der Waals surface area (Å²) in [7, 11) is 4.00. The van der Waals surface area contributed by atoms with Gasteiger partial charge in [-0.05, 0) is 39.9 Å². The fraction of sp³-hybridized carbons (Fsp3) is 0.857. The summed E-state index contributed by atoms with van der Waals surface area (Å²) in [5.41, 5.74) is 0. The van der Waals surface area contributed by atoms with Crippen molar-refractivity contribution in [1.82, 2.24) is 9.21 Å². The van der Waals surface area contributed by atoms with E-state index in [0.717, 1.165) is 17.4 Å². The average Bonchev–Trinajstić information content (AvgIpc) is 1.88. The molecule has 0 atom stereocenters. The van der Waals surface area contributed by atoms with Gasteiger partial charge in [0.25, 0.3) is 0 Å². The summed E-state index contributed by atoms with van der Waals surface area (Å²) in [6, 6.07) is 0. The van der Waals surface area contributed by atoms with Crippen LogP contribution in [0, 0.1) is 0 Å². The lowest BCUT2D eigenvalue weighted by Gasteiger charge is -2.22. The van der Waals surface area contributed by atoms with Crippen molar-refractivity contribution in [2.45, 2.75) is 13.8 Å². The first-order valence-electron chi connectivity index (χ1n) is 3.76. The Morgan fingerprint density at radius 3 is 2.00 bits per heavy atom. The molecule has 0 radical (unpaired) electrons. The van der Waals surface area contributed by atoms with Gasteiger partial charge in [-0.1, -0.05) is 12.2 Å². The van der Waals surface area contributed by atoms with Gasteiger partial charge in [0.2, 0.25) is 0 Å². The Labute approximate surface area is 79.1 Å². The summed E-state index contributed by atoms with van der Waals surface area (Å²) in [5, 5.41) is 0. The van der Waals surface area contributed by atoms with E-state index in [0.29, 0.717) is 0 Å². The van der Waals surface area contributed by atoms with E-state index in [9.17, 15) is 0 Å². The first kappa shape index (κ1) is 11.2. The molecule has 0 aliphatic carbocycles. The Morgan fingerprint density at radius 1 is 1.27 bits per heavy atom. The van der Waals surface area contributed by atoms with Crippen molar-refractivity contribution in [3.05, 3.63) is 0 Å². The SMILES string of the molecule is CCN(CC)C(=S)SN(C)C. The van der Waals surface area contributed by atoms with Crippen LogP contribution in [-0.2, 0) is 0 Å². The Hall–Kier alpha value is 0.200. The zero-order valence-corrected chi connectivity index (χ0v) is 9.26. The topological polar surface area (TPSA) is 6.48 Å². The van der Waals surface area contributed by atoms with Gasteiger partial charge in [-0.25, -0.2) is 0 Å². The molecule has 11 heavy (non-hydrogen) atoms. The van der Waals surface area contributed by atoms with Crippen molar-refractivity contribution in [1.29, 1.82) is 0 Å². The van der Waals surface area contributed by atoms with Gasteiger partial charge in [0.05, 0.1) is 0 Å². The van der Waals surface area contributed by atoms with Crippen LogP contribution in [0.5, 0.6) is 0 Å². The van der Waals surface area contributed by atoms with Gasteiger partial charge >= 0.3 is 0 Å². The van der Waals surface area contributed by atoms with Gasteiger partial charge in [-0.15, -0.1) is 0 Å². The van der Waals surface area contributed by atoms with Crippen LogP contribution in [0.3, 0.4) is 0 Å². The average molecular weight is 192 g/mol. The molecule has 0 aromatic heterocycles. The molecule has 4 heteroatoms. The molecule has 0 N–H and O–H groups in total. The lowest BCUT2D eigenvalue weighted by atomic mass is 10.6. The molecule has 0 unspecified atom stereocenters. The van der Waals surface area contributed by atoms with Crippen molar-refractivity contribution in [2.24, 2.45) is 0 Å². The lowest BCUT2D eigenvalue weighted by molar-refractivity contribution is 0.481. The lowest BCUT2D eigenvalue weighted by Crippen LogP contribution is -2.28. The summed E-state index contributed by atoms with van der Waals surface area (Å²) >= 11 is 6.80. The predicted octanol–water partition coefficient (Wildman–Crippen LogP) is 1.82. The largest absolute Gasteiger partial charge is 0.357 e. The first-order valence-corrected chi connectivity index (χ1v) is 4.94. The molecule has 0 aliphatic heterocycles. The Kier molecular flexibility index (Phi) is 5.91. The van der Waals surface area contributed by atoms with E-state index in [-0.39, 0.29) is 0 Å². The number of rotatable bonds is 3. The number of hydrogen-bond donors (Lipinski definition) is 0. The van der Waals surface area contributed by atoms with Crippen molar-refractivity contribution in [2.75, 3.05) is 27.2 Å². The highest BCUT2D eigenvalue weighted by Gasteiger charge is 2.05. The Morgan fingerprint density at radius 2 is 1.73 bits per heavy atom. The molecule has 0 spiro atoms. The zero-order chi connectivity index (χ0) is 8.85. The van der Waals surface area contributed by atoms with Crippen molar-refractivity contribution >= 4 is 28.5 Å². The fourth-order valence-electron chi connectivity index (χ4n) is 0.696. The predicted molar refractivity (Wildman–Crippen MR) is 56.8 cm³/mol. The quantitative estimate of drug-likeness (QED) is 0.497. The van der Waals surface area contributed by atoms with Gasteiger partial charge in [0, 0.05) is 13.1 Å². The summed E-state index contributed by atoms with van der Waals surface area (Å²) in [6.45, 7) is 6.23. The standard InChI is InChI=1S/C7H16N2S2/c1-5-9(6-2)7(10)11-8(3)4/h5-6H2,1-4H3. The molecule has 66 valence electrons. The van der Waals surface area contributed by atoms with E-state index >= 15 is 0 Å². The second-order valence-electron chi connectivity index (χ2n) is 2.34. The van der Waals surface area contributed by atoms with Crippen molar-refractivity contribution in [3.8, 4) is 0 Å². The summed E-state index contributed by atoms with van der Waals surface area (Å²) in [5.74, 6) is 0. The molecular weight excluding hydrogens is 176 g/mol. The molecule has 2 nitrogen and oxygen atoms in total. The van der Waals surface area contributed by atoms with E-state index in [4.69, 9.17) is 12.2 Å². The molecule has 0 aromatic rings. The van der Waals surface area contributed by atoms with Crippen LogP contribution in [0.4, 0.5) is 0 Å².